The molecule has 1 N–H and O–H groups in total. The third-order valence-corrected chi connectivity index (χ3v) is 7.20. The van der Waals surface area contributed by atoms with Gasteiger partial charge >= 0.3 is 0 Å². The van der Waals surface area contributed by atoms with E-state index in [9.17, 15) is 14.4 Å². The van der Waals surface area contributed by atoms with Gasteiger partial charge in [-0.05, 0) is 52.6 Å². The van der Waals surface area contributed by atoms with Crippen molar-refractivity contribution in [1.29, 1.82) is 0 Å². The van der Waals surface area contributed by atoms with Crippen molar-refractivity contribution in [3.63, 3.8) is 0 Å². The average molecular weight is 559 g/mol. The molecule has 4 aromatic carbocycles. The molecule has 1 saturated heterocycles. The Bertz CT molecular complexity index is 1600. The minimum absolute atomic E-state index is 0.175. The number of anilines is 1. The van der Waals surface area contributed by atoms with Crippen molar-refractivity contribution in [1.82, 2.24) is 4.90 Å². The number of imide groups is 1. The van der Waals surface area contributed by atoms with E-state index in [1.165, 1.54) is 7.11 Å². The number of fused-ring (bicyclic) bond motifs is 1. The highest BCUT2D eigenvalue weighted by molar-refractivity contribution is 8.18. The van der Waals surface area contributed by atoms with E-state index in [4.69, 9.17) is 21.1 Å². The highest BCUT2D eigenvalue weighted by Gasteiger charge is 2.36. The molecule has 1 aliphatic rings. The molecular weight excluding hydrogens is 536 g/mol. The number of halogens is 1. The van der Waals surface area contributed by atoms with Crippen molar-refractivity contribution < 1.29 is 23.9 Å². The zero-order valence-corrected chi connectivity index (χ0v) is 22.4. The van der Waals surface area contributed by atoms with Crippen LogP contribution in [0.3, 0.4) is 0 Å². The Labute approximate surface area is 234 Å². The fourth-order valence-corrected chi connectivity index (χ4v) is 5.26. The number of nitrogens with one attached hydrogen (secondary N) is 1. The molecule has 0 aliphatic carbocycles. The van der Waals surface area contributed by atoms with Crippen LogP contribution in [0.1, 0.15) is 11.1 Å². The van der Waals surface area contributed by atoms with Crippen molar-refractivity contribution in [3.05, 3.63) is 106 Å². The van der Waals surface area contributed by atoms with Crippen molar-refractivity contribution in [2.75, 3.05) is 19.0 Å². The van der Waals surface area contributed by atoms with E-state index in [1.807, 2.05) is 66.7 Å². The zero-order valence-electron chi connectivity index (χ0n) is 20.8. The standard InChI is InChI=1S/C30H23ClN2O5S/c1-37-25-15-20(14-23(31)28(25)38-18-19-8-3-2-4-9-19)16-26-29(35)33(30(36)39-26)17-27(34)32-24-13-7-11-21-10-5-6-12-22(21)24/h2-16H,17-18H2,1H3,(H,32,34)/b26-16-. The maximum atomic E-state index is 13.0. The lowest BCUT2D eigenvalue weighted by Crippen LogP contribution is -2.36. The number of benzene rings is 4. The molecule has 0 atom stereocenters. The van der Waals surface area contributed by atoms with Gasteiger partial charge < -0.3 is 14.8 Å². The molecule has 0 aromatic heterocycles. The summed E-state index contributed by atoms with van der Waals surface area (Å²) in [6.07, 6.45) is 1.54. The molecule has 1 fully saturated rings. The molecule has 0 unspecified atom stereocenters. The van der Waals surface area contributed by atoms with Crippen LogP contribution >= 0.6 is 23.4 Å². The third kappa shape index (κ3) is 5.92. The van der Waals surface area contributed by atoms with Crippen LogP contribution in [0.2, 0.25) is 5.02 Å². The Morgan fingerprint density at radius 1 is 1.00 bits per heavy atom. The lowest BCUT2D eigenvalue weighted by molar-refractivity contribution is -0.127. The van der Waals surface area contributed by atoms with Crippen LogP contribution in [0.5, 0.6) is 11.5 Å². The summed E-state index contributed by atoms with van der Waals surface area (Å²) >= 11 is 7.25. The molecule has 0 radical (unpaired) electrons. The molecule has 3 amide bonds. The highest BCUT2D eigenvalue weighted by Crippen LogP contribution is 2.39. The third-order valence-electron chi connectivity index (χ3n) is 6.01. The first-order chi connectivity index (χ1) is 18.9. The molecule has 0 spiro atoms. The summed E-state index contributed by atoms with van der Waals surface area (Å²) in [6.45, 7) is -0.0996. The number of methoxy groups -OCH3 is 1. The summed E-state index contributed by atoms with van der Waals surface area (Å²) in [5.41, 5.74) is 2.13. The first-order valence-electron chi connectivity index (χ1n) is 12.0. The van der Waals surface area contributed by atoms with Gasteiger partial charge in [-0.15, -0.1) is 0 Å². The predicted molar refractivity (Wildman–Crippen MR) is 154 cm³/mol. The number of rotatable bonds is 8. The van der Waals surface area contributed by atoms with Gasteiger partial charge in [-0.25, -0.2) is 0 Å². The normalized spacial score (nSPS) is 14.2. The Kier molecular flexibility index (Phi) is 7.86. The van der Waals surface area contributed by atoms with Gasteiger partial charge in [0, 0.05) is 11.1 Å². The molecule has 9 heteroatoms. The Hall–Kier alpha value is -4.27. The summed E-state index contributed by atoms with van der Waals surface area (Å²) in [5, 5.41) is 4.41. The number of hydrogen-bond acceptors (Lipinski definition) is 6. The fraction of sp³-hybridized carbons (Fsp3) is 0.100. The second-order valence-electron chi connectivity index (χ2n) is 8.65. The van der Waals surface area contributed by atoms with E-state index in [2.05, 4.69) is 5.32 Å². The molecule has 196 valence electrons. The number of amides is 3. The number of hydrogen-bond donors (Lipinski definition) is 1. The molecule has 39 heavy (non-hydrogen) atoms. The molecule has 1 heterocycles. The van der Waals surface area contributed by atoms with Crippen LogP contribution in [-0.2, 0) is 16.2 Å². The summed E-state index contributed by atoms with van der Waals surface area (Å²) < 4.78 is 11.4. The Balaban J connectivity index is 1.29. The molecule has 0 bridgehead atoms. The number of carbonyl (C=O) groups excluding carboxylic acids is 3. The number of thioether (sulfide) groups is 1. The Morgan fingerprint density at radius 2 is 1.74 bits per heavy atom. The number of nitrogens with zero attached hydrogens (tertiary/aromatic N) is 1. The van der Waals surface area contributed by atoms with Gasteiger partial charge in [0.05, 0.1) is 17.0 Å². The summed E-state index contributed by atoms with van der Waals surface area (Å²) in [7, 11) is 1.49. The van der Waals surface area contributed by atoms with E-state index < -0.39 is 23.6 Å². The van der Waals surface area contributed by atoms with Gasteiger partial charge in [-0.1, -0.05) is 78.3 Å². The lowest BCUT2D eigenvalue weighted by Gasteiger charge is -2.14. The van der Waals surface area contributed by atoms with Gasteiger partial charge in [0.15, 0.2) is 11.5 Å². The molecule has 5 rings (SSSR count). The van der Waals surface area contributed by atoms with Crippen molar-refractivity contribution >= 4 is 63.0 Å². The smallest absolute Gasteiger partial charge is 0.294 e. The maximum Gasteiger partial charge on any atom is 0.294 e. The fourth-order valence-electron chi connectivity index (χ4n) is 4.15. The van der Waals surface area contributed by atoms with Crippen molar-refractivity contribution in [2.45, 2.75) is 6.61 Å². The van der Waals surface area contributed by atoms with Crippen LogP contribution in [0.15, 0.2) is 89.8 Å². The topological polar surface area (TPSA) is 84.9 Å². The van der Waals surface area contributed by atoms with Gasteiger partial charge in [-0.2, -0.15) is 0 Å². The summed E-state index contributed by atoms with van der Waals surface area (Å²) in [4.78, 5) is 39.5. The van der Waals surface area contributed by atoms with E-state index in [0.29, 0.717) is 34.4 Å². The minimum Gasteiger partial charge on any atom is -0.493 e. The van der Waals surface area contributed by atoms with Crippen LogP contribution in [-0.4, -0.2) is 35.6 Å². The minimum atomic E-state index is -0.558. The van der Waals surface area contributed by atoms with Crippen molar-refractivity contribution in [2.24, 2.45) is 0 Å². The lowest BCUT2D eigenvalue weighted by atomic mass is 10.1. The first kappa shape index (κ1) is 26.3. The molecule has 1 aliphatic heterocycles. The second-order valence-corrected chi connectivity index (χ2v) is 10.1. The largest absolute Gasteiger partial charge is 0.493 e. The quantitative estimate of drug-likeness (QED) is 0.241. The average Bonchev–Trinajstić information content (AvgIpc) is 3.20. The van der Waals surface area contributed by atoms with Crippen LogP contribution in [0.4, 0.5) is 10.5 Å². The highest BCUT2D eigenvalue weighted by atomic mass is 35.5. The molecular formula is C30H23ClN2O5S. The van der Waals surface area contributed by atoms with Gasteiger partial charge in [0.25, 0.3) is 11.1 Å². The summed E-state index contributed by atoms with van der Waals surface area (Å²) in [6, 6.07) is 26.1. The van der Waals surface area contributed by atoms with Crippen molar-refractivity contribution in [3.8, 4) is 11.5 Å². The van der Waals surface area contributed by atoms with Crippen LogP contribution in [0, 0.1) is 0 Å². The maximum absolute atomic E-state index is 13.0. The van der Waals surface area contributed by atoms with Crippen LogP contribution in [0.25, 0.3) is 16.8 Å². The second kappa shape index (κ2) is 11.6. The van der Waals surface area contributed by atoms with E-state index >= 15 is 0 Å². The Morgan fingerprint density at radius 3 is 2.54 bits per heavy atom. The summed E-state index contributed by atoms with van der Waals surface area (Å²) in [5.74, 6) is -0.270. The van der Waals surface area contributed by atoms with Gasteiger partial charge in [0.1, 0.15) is 13.2 Å². The SMILES string of the molecule is COc1cc(/C=C2\SC(=O)N(CC(=O)Nc3cccc4ccccc34)C2=O)cc(Cl)c1OCc1ccccc1. The molecule has 4 aromatic rings. The first-order valence-corrected chi connectivity index (χ1v) is 13.2. The van der Waals surface area contributed by atoms with E-state index in [1.54, 1.807) is 24.3 Å². The molecule has 7 nitrogen and oxygen atoms in total. The van der Waals surface area contributed by atoms with E-state index in [0.717, 1.165) is 33.0 Å². The molecule has 0 saturated carbocycles. The van der Waals surface area contributed by atoms with Gasteiger partial charge in [-0.3, -0.25) is 19.3 Å². The number of carbonyl (C=O) groups is 3. The van der Waals surface area contributed by atoms with Crippen LogP contribution < -0.4 is 14.8 Å². The van der Waals surface area contributed by atoms with Gasteiger partial charge in [0.2, 0.25) is 5.91 Å². The number of ether oxygens (including phenoxy) is 2. The predicted octanol–water partition coefficient (Wildman–Crippen LogP) is 6.76. The van der Waals surface area contributed by atoms with E-state index in [-0.39, 0.29) is 4.91 Å². The zero-order chi connectivity index (χ0) is 27.4. The monoisotopic (exact) mass is 558 g/mol.